The number of aromatic nitrogens is 2. The maximum Gasteiger partial charge on any atom is 0.160 e. The largest absolute Gasteiger partial charge is 0.228 e. The number of benzene rings is 10. The quantitative estimate of drug-likeness (QED) is 0.125. The van der Waals surface area contributed by atoms with Crippen molar-refractivity contribution >= 4 is 43.1 Å². The molecule has 11 aromatic rings. The van der Waals surface area contributed by atoms with Crippen LogP contribution in [0.4, 0.5) is 0 Å². The average molecular weight is 737 g/mol. The number of hydrogen-bond acceptors (Lipinski definition) is 2. The molecule has 0 amide bonds. The molecule has 0 spiro atoms. The summed E-state index contributed by atoms with van der Waals surface area (Å²) in [6.07, 6.45) is 0. The first-order valence-corrected chi connectivity index (χ1v) is 19.8. The minimum atomic E-state index is 0.693. The van der Waals surface area contributed by atoms with Crippen LogP contribution in [0.25, 0.3) is 110 Å². The van der Waals surface area contributed by atoms with Gasteiger partial charge < -0.3 is 0 Å². The summed E-state index contributed by atoms with van der Waals surface area (Å²) in [5.74, 6) is 0.693. The van der Waals surface area contributed by atoms with Crippen molar-refractivity contribution in [1.82, 2.24) is 9.97 Å². The Bertz CT molecular complexity index is 3310. The molecule has 1 heterocycles. The zero-order chi connectivity index (χ0) is 38.4. The van der Waals surface area contributed by atoms with Crippen LogP contribution in [-0.2, 0) is 0 Å². The van der Waals surface area contributed by atoms with E-state index >= 15 is 0 Å². The van der Waals surface area contributed by atoms with Gasteiger partial charge in [-0.2, -0.15) is 0 Å². The van der Waals surface area contributed by atoms with Crippen molar-refractivity contribution in [2.45, 2.75) is 0 Å². The molecular formula is C56H36N2. The van der Waals surface area contributed by atoms with Crippen LogP contribution >= 0.6 is 0 Å². The second-order valence-electron chi connectivity index (χ2n) is 14.9. The molecule has 10 aromatic carbocycles. The van der Waals surface area contributed by atoms with Gasteiger partial charge in [0.05, 0.1) is 11.4 Å². The van der Waals surface area contributed by atoms with E-state index in [1.54, 1.807) is 0 Å². The van der Waals surface area contributed by atoms with E-state index in [2.05, 4.69) is 212 Å². The first-order chi connectivity index (χ1) is 28.7. The van der Waals surface area contributed by atoms with Crippen molar-refractivity contribution in [3.05, 3.63) is 218 Å². The summed E-state index contributed by atoms with van der Waals surface area (Å²) in [4.78, 5) is 10.5. The number of fused-ring (bicyclic) bond motifs is 5. The van der Waals surface area contributed by atoms with Crippen LogP contribution in [0.1, 0.15) is 0 Å². The van der Waals surface area contributed by atoms with Crippen LogP contribution < -0.4 is 0 Å². The Balaban J connectivity index is 1.05. The highest BCUT2D eigenvalue weighted by Crippen LogP contribution is 2.40. The number of rotatable bonds is 6. The van der Waals surface area contributed by atoms with E-state index in [1.165, 1.54) is 65.3 Å². The summed E-state index contributed by atoms with van der Waals surface area (Å²) in [6.45, 7) is 0. The Hall–Kier alpha value is -7.68. The fourth-order valence-electron chi connectivity index (χ4n) is 8.58. The first kappa shape index (κ1) is 33.6. The fourth-order valence-corrected chi connectivity index (χ4v) is 8.58. The van der Waals surface area contributed by atoms with Crippen molar-refractivity contribution in [2.24, 2.45) is 0 Å². The van der Waals surface area contributed by atoms with Gasteiger partial charge in [0.1, 0.15) is 0 Å². The Morgan fingerprint density at radius 3 is 1.57 bits per heavy atom. The highest BCUT2D eigenvalue weighted by atomic mass is 14.9. The molecule has 0 aliphatic rings. The maximum absolute atomic E-state index is 5.25. The summed E-state index contributed by atoms with van der Waals surface area (Å²) >= 11 is 0. The molecule has 0 saturated heterocycles. The van der Waals surface area contributed by atoms with E-state index in [4.69, 9.17) is 9.97 Å². The second-order valence-corrected chi connectivity index (χ2v) is 14.9. The predicted molar refractivity (Wildman–Crippen MR) is 245 cm³/mol. The smallest absolute Gasteiger partial charge is 0.160 e. The van der Waals surface area contributed by atoms with Gasteiger partial charge in [0.15, 0.2) is 5.82 Å². The lowest BCUT2D eigenvalue weighted by atomic mass is 9.89. The molecule has 0 N–H and O–H groups in total. The Morgan fingerprint density at radius 2 is 0.776 bits per heavy atom. The molecule has 270 valence electrons. The van der Waals surface area contributed by atoms with Crippen molar-refractivity contribution in [1.29, 1.82) is 0 Å². The van der Waals surface area contributed by atoms with Crippen molar-refractivity contribution < 1.29 is 0 Å². The van der Waals surface area contributed by atoms with Crippen LogP contribution in [-0.4, -0.2) is 9.97 Å². The molecule has 0 fully saturated rings. The van der Waals surface area contributed by atoms with Gasteiger partial charge in [0, 0.05) is 16.7 Å². The third kappa shape index (κ3) is 6.00. The number of nitrogens with zero attached hydrogens (tertiary/aromatic N) is 2. The van der Waals surface area contributed by atoms with E-state index in [-0.39, 0.29) is 0 Å². The number of hydrogen-bond donors (Lipinski definition) is 0. The standard InChI is InChI=1S/C56H36N2/c1-2-12-37(13-3-1)38-24-30-43(31-25-38)56-57-53(36-54(58-56)46-19-10-18-44(34-46)49-23-11-17-39-14-4-7-20-47(39)49)41-26-28-42(29-27-41)55-50-22-9-6-16-45(50)35-52-48-21-8-5-15-40(48)32-33-51(52)55/h1-36H. The molecule has 2 nitrogen and oxygen atoms in total. The zero-order valence-electron chi connectivity index (χ0n) is 31.7. The molecule has 0 unspecified atom stereocenters. The highest BCUT2D eigenvalue weighted by Gasteiger charge is 2.15. The molecule has 0 bridgehead atoms. The molecule has 11 rings (SSSR count). The molecule has 0 aliphatic carbocycles. The summed E-state index contributed by atoms with van der Waals surface area (Å²) in [5.41, 5.74) is 11.9. The molecule has 0 saturated carbocycles. The monoisotopic (exact) mass is 736 g/mol. The Morgan fingerprint density at radius 1 is 0.241 bits per heavy atom. The molecule has 0 radical (unpaired) electrons. The third-order valence-electron chi connectivity index (χ3n) is 11.5. The van der Waals surface area contributed by atoms with Crippen LogP contribution in [0.2, 0.25) is 0 Å². The zero-order valence-corrected chi connectivity index (χ0v) is 31.7. The van der Waals surface area contributed by atoms with Gasteiger partial charge in [-0.05, 0) is 94.7 Å². The van der Waals surface area contributed by atoms with E-state index in [0.29, 0.717) is 5.82 Å². The lowest BCUT2D eigenvalue weighted by Crippen LogP contribution is -1.96. The van der Waals surface area contributed by atoms with Gasteiger partial charge in [-0.25, -0.2) is 9.97 Å². The summed E-state index contributed by atoms with van der Waals surface area (Å²) in [6, 6.07) is 78.2. The lowest BCUT2D eigenvalue weighted by molar-refractivity contribution is 1.18. The van der Waals surface area contributed by atoms with E-state index in [0.717, 1.165) is 39.2 Å². The Labute approximate surface area is 337 Å². The Kier molecular flexibility index (Phi) is 8.19. The van der Waals surface area contributed by atoms with Crippen molar-refractivity contribution in [3.8, 4) is 67.3 Å². The molecule has 0 atom stereocenters. The van der Waals surface area contributed by atoms with Crippen LogP contribution in [0.3, 0.4) is 0 Å². The topological polar surface area (TPSA) is 25.8 Å². The van der Waals surface area contributed by atoms with Gasteiger partial charge in [-0.15, -0.1) is 0 Å². The van der Waals surface area contributed by atoms with Gasteiger partial charge in [0.2, 0.25) is 0 Å². The molecular weight excluding hydrogens is 701 g/mol. The summed E-state index contributed by atoms with van der Waals surface area (Å²) < 4.78 is 0. The second kappa shape index (κ2) is 14.1. The summed E-state index contributed by atoms with van der Waals surface area (Å²) in [7, 11) is 0. The average Bonchev–Trinajstić information content (AvgIpc) is 3.31. The van der Waals surface area contributed by atoms with Gasteiger partial charge in [-0.3, -0.25) is 0 Å². The molecule has 1 aromatic heterocycles. The molecule has 0 aliphatic heterocycles. The first-order valence-electron chi connectivity index (χ1n) is 19.8. The van der Waals surface area contributed by atoms with Gasteiger partial charge in [-0.1, -0.05) is 200 Å². The van der Waals surface area contributed by atoms with Crippen molar-refractivity contribution in [2.75, 3.05) is 0 Å². The SMILES string of the molecule is c1ccc(-c2ccc(-c3nc(-c4ccc(-c5c6ccccc6cc6c5ccc5ccccc56)cc4)cc(-c4cccc(-c5cccc6ccccc56)c4)n3)cc2)cc1. The maximum atomic E-state index is 5.25. The minimum absolute atomic E-state index is 0.693. The third-order valence-corrected chi connectivity index (χ3v) is 11.5. The molecule has 58 heavy (non-hydrogen) atoms. The van der Waals surface area contributed by atoms with Crippen LogP contribution in [0.5, 0.6) is 0 Å². The fraction of sp³-hybridized carbons (Fsp3) is 0. The summed E-state index contributed by atoms with van der Waals surface area (Å²) in [5, 5.41) is 9.98. The highest BCUT2D eigenvalue weighted by molar-refractivity contribution is 6.20. The van der Waals surface area contributed by atoms with Gasteiger partial charge >= 0.3 is 0 Å². The predicted octanol–water partition coefficient (Wildman–Crippen LogP) is 15.1. The minimum Gasteiger partial charge on any atom is -0.228 e. The van der Waals surface area contributed by atoms with Crippen molar-refractivity contribution in [3.63, 3.8) is 0 Å². The van der Waals surface area contributed by atoms with E-state index in [9.17, 15) is 0 Å². The van der Waals surface area contributed by atoms with Crippen LogP contribution in [0.15, 0.2) is 218 Å². The molecule has 2 heteroatoms. The van der Waals surface area contributed by atoms with E-state index in [1.807, 2.05) is 6.07 Å². The normalized spacial score (nSPS) is 11.4. The van der Waals surface area contributed by atoms with Gasteiger partial charge in [0.25, 0.3) is 0 Å². The van der Waals surface area contributed by atoms with Crippen LogP contribution in [0, 0.1) is 0 Å². The van der Waals surface area contributed by atoms with E-state index < -0.39 is 0 Å². The lowest BCUT2D eigenvalue weighted by Gasteiger charge is -2.15.